The Bertz CT molecular complexity index is 2910. The molecule has 9 aromatic carbocycles. The molecule has 1 aromatic heterocycles. The Morgan fingerprint density at radius 3 is 1.56 bits per heavy atom. The van der Waals surface area contributed by atoms with Gasteiger partial charge in [0.05, 0.1) is 5.69 Å². The third-order valence-electron chi connectivity index (χ3n) is 10.5. The lowest BCUT2D eigenvalue weighted by atomic mass is 9.95. The summed E-state index contributed by atoms with van der Waals surface area (Å²) in [5.74, 6) is 0. The Labute approximate surface area is 314 Å². The summed E-state index contributed by atoms with van der Waals surface area (Å²) < 4.78 is 6.29. The maximum Gasteiger partial charge on any atom is 0.135 e. The second-order valence-corrected chi connectivity index (χ2v) is 13.8. The molecule has 0 aliphatic rings. The number of rotatable bonds is 7. The van der Waals surface area contributed by atoms with Crippen LogP contribution in [0.25, 0.3) is 77.2 Å². The normalized spacial score (nSPS) is 11.3. The molecule has 0 aliphatic carbocycles. The van der Waals surface area contributed by atoms with Crippen molar-refractivity contribution in [2.24, 2.45) is 0 Å². The van der Waals surface area contributed by atoms with Crippen LogP contribution in [0.5, 0.6) is 0 Å². The van der Waals surface area contributed by atoms with Crippen molar-refractivity contribution >= 4 is 49.8 Å². The van der Waals surface area contributed by atoms with Gasteiger partial charge in [0.25, 0.3) is 0 Å². The zero-order chi connectivity index (χ0) is 35.8. The number of nitrogens with zero attached hydrogens (tertiary/aromatic N) is 1. The minimum Gasteiger partial charge on any atom is -0.456 e. The van der Waals surface area contributed by atoms with Gasteiger partial charge in [0.15, 0.2) is 0 Å². The molecule has 2 heteroatoms. The molecule has 54 heavy (non-hydrogen) atoms. The lowest BCUT2D eigenvalue weighted by Gasteiger charge is -2.29. The van der Waals surface area contributed by atoms with Gasteiger partial charge in [-0.1, -0.05) is 164 Å². The first-order valence-electron chi connectivity index (χ1n) is 18.4. The summed E-state index contributed by atoms with van der Waals surface area (Å²) in [6.45, 7) is 0. The number of hydrogen-bond acceptors (Lipinski definition) is 2. The van der Waals surface area contributed by atoms with Crippen LogP contribution in [-0.4, -0.2) is 0 Å². The smallest absolute Gasteiger partial charge is 0.135 e. The molecule has 0 atom stereocenters. The molecule has 0 spiro atoms. The minimum atomic E-state index is 0.877. The van der Waals surface area contributed by atoms with E-state index in [-0.39, 0.29) is 0 Å². The van der Waals surface area contributed by atoms with Crippen molar-refractivity contribution in [1.29, 1.82) is 0 Å². The highest BCUT2D eigenvalue weighted by Gasteiger charge is 2.20. The van der Waals surface area contributed by atoms with Gasteiger partial charge in [-0.25, -0.2) is 0 Å². The van der Waals surface area contributed by atoms with Gasteiger partial charge >= 0.3 is 0 Å². The lowest BCUT2D eigenvalue weighted by Crippen LogP contribution is -2.11. The maximum absolute atomic E-state index is 6.29. The maximum atomic E-state index is 6.29. The molecule has 0 saturated carbocycles. The second-order valence-electron chi connectivity index (χ2n) is 13.8. The van der Waals surface area contributed by atoms with Crippen LogP contribution >= 0.6 is 0 Å². The van der Waals surface area contributed by atoms with E-state index in [0.717, 1.165) is 55.7 Å². The fourth-order valence-electron chi connectivity index (χ4n) is 7.70. The number of fused-ring (bicyclic) bond motifs is 4. The SMILES string of the molecule is c1ccc(-c2ccc(-c3ccc(N(c4ccc5oc6ccccc6c5c4)c4cc(-c5ccc6ccccc6c5)ccc4-c4ccccc4)cc3)cc2)cc1. The van der Waals surface area contributed by atoms with Gasteiger partial charge in [0, 0.05) is 27.7 Å². The topological polar surface area (TPSA) is 16.4 Å². The Morgan fingerprint density at radius 2 is 0.815 bits per heavy atom. The summed E-state index contributed by atoms with van der Waals surface area (Å²) in [4.78, 5) is 2.40. The Hall–Kier alpha value is -7.16. The van der Waals surface area contributed by atoms with Crippen LogP contribution in [0.2, 0.25) is 0 Å². The molecular formula is C52H35NO. The summed E-state index contributed by atoms with van der Waals surface area (Å²) >= 11 is 0. The van der Waals surface area contributed by atoms with E-state index in [1.54, 1.807) is 0 Å². The van der Waals surface area contributed by atoms with E-state index in [2.05, 4.69) is 205 Å². The zero-order valence-electron chi connectivity index (χ0n) is 29.6. The van der Waals surface area contributed by atoms with Gasteiger partial charge in [-0.15, -0.1) is 0 Å². The van der Waals surface area contributed by atoms with Crippen molar-refractivity contribution in [3.05, 3.63) is 212 Å². The van der Waals surface area contributed by atoms with Gasteiger partial charge in [-0.2, -0.15) is 0 Å². The molecule has 254 valence electrons. The van der Waals surface area contributed by atoms with Crippen molar-refractivity contribution in [3.8, 4) is 44.5 Å². The van der Waals surface area contributed by atoms with Gasteiger partial charge in [0.2, 0.25) is 0 Å². The van der Waals surface area contributed by atoms with Crippen LogP contribution in [0, 0.1) is 0 Å². The van der Waals surface area contributed by atoms with Crippen LogP contribution in [0.15, 0.2) is 217 Å². The quantitative estimate of drug-likeness (QED) is 0.166. The van der Waals surface area contributed by atoms with E-state index in [0.29, 0.717) is 0 Å². The number of benzene rings is 9. The molecule has 0 unspecified atom stereocenters. The van der Waals surface area contributed by atoms with Gasteiger partial charge < -0.3 is 9.32 Å². The van der Waals surface area contributed by atoms with Crippen LogP contribution in [-0.2, 0) is 0 Å². The van der Waals surface area contributed by atoms with Crippen LogP contribution in [0.1, 0.15) is 0 Å². The number of hydrogen-bond donors (Lipinski definition) is 0. The summed E-state index contributed by atoms with van der Waals surface area (Å²) in [6, 6.07) is 76.1. The summed E-state index contributed by atoms with van der Waals surface area (Å²) in [5, 5.41) is 4.66. The number of furan rings is 1. The third kappa shape index (κ3) is 5.81. The molecule has 0 saturated heterocycles. The van der Waals surface area contributed by atoms with E-state index >= 15 is 0 Å². The highest BCUT2D eigenvalue weighted by molar-refractivity contribution is 6.07. The molecule has 2 nitrogen and oxygen atoms in total. The highest BCUT2D eigenvalue weighted by atomic mass is 16.3. The van der Waals surface area contributed by atoms with Crippen molar-refractivity contribution in [2.75, 3.05) is 4.90 Å². The van der Waals surface area contributed by atoms with Crippen LogP contribution < -0.4 is 4.90 Å². The molecule has 0 aliphatic heterocycles. The van der Waals surface area contributed by atoms with Gasteiger partial charge in [-0.3, -0.25) is 0 Å². The van der Waals surface area contributed by atoms with Crippen molar-refractivity contribution in [1.82, 2.24) is 0 Å². The van der Waals surface area contributed by atoms with Crippen molar-refractivity contribution in [3.63, 3.8) is 0 Å². The van der Waals surface area contributed by atoms with Gasteiger partial charge in [0.1, 0.15) is 11.2 Å². The monoisotopic (exact) mass is 689 g/mol. The number of anilines is 3. The first-order chi connectivity index (χ1) is 26.7. The first kappa shape index (κ1) is 31.6. The van der Waals surface area contributed by atoms with Crippen LogP contribution in [0.4, 0.5) is 17.1 Å². The first-order valence-corrected chi connectivity index (χ1v) is 18.4. The van der Waals surface area contributed by atoms with E-state index in [4.69, 9.17) is 4.42 Å². The average Bonchev–Trinajstić information content (AvgIpc) is 3.63. The molecule has 0 amide bonds. The summed E-state index contributed by atoms with van der Waals surface area (Å²) in [7, 11) is 0. The molecule has 0 bridgehead atoms. The minimum absolute atomic E-state index is 0.877. The Balaban J connectivity index is 1.15. The largest absolute Gasteiger partial charge is 0.456 e. The Kier molecular flexibility index (Phi) is 7.85. The Morgan fingerprint density at radius 1 is 0.296 bits per heavy atom. The fourth-order valence-corrected chi connectivity index (χ4v) is 7.70. The molecule has 10 aromatic rings. The van der Waals surface area contributed by atoms with Crippen molar-refractivity contribution in [2.45, 2.75) is 0 Å². The lowest BCUT2D eigenvalue weighted by molar-refractivity contribution is 0.669. The molecule has 0 N–H and O–H groups in total. The van der Waals surface area contributed by atoms with Crippen molar-refractivity contribution < 1.29 is 4.42 Å². The summed E-state index contributed by atoms with van der Waals surface area (Å²) in [6.07, 6.45) is 0. The molecule has 1 heterocycles. The molecule has 0 radical (unpaired) electrons. The van der Waals surface area contributed by atoms with Gasteiger partial charge in [-0.05, 0) is 98.2 Å². The third-order valence-corrected chi connectivity index (χ3v) is 10.5. The van der Waals surface area contributed by atoms with E-state index in [1.807, 2.05) is 12.1 Å². The van der Waals surface area contributed by atoms with E-state index < -0.39 is 0 Å². The average molecular weight is 690 g/mol. The molecule has 0 fully saturated rings. The molecular weight excluding hydrogens is 655 g/mol. The fraction of sp³-hybridized carbons (Fsp3) is 0. The predicted octanol–water partition coefficient (Wildman–Crippen LogP) is 14.9. The zero-order valence-corrected chi connectivity index (χ0v) is 29.6. The predicted molar refractivity (Wildman–Crippen MR) is 228 cm³/mol. The standard InChI is InChI=1S/C52H35NO/c1-3-11-36(12-4-1)38-19-21-39(22-20-38)40-25-28-45(29-26-40)53(46-30-32-52-49(35-46)48-17-9-10-18-51(48)54-52)50-34-44(27-31-47(50)41-14-5-2-6-15-41)43-24-23-37-13-7-8-16-42(37)33-43/h1-35H. The second kappa shape index (κ2) is 13.4. The van der Waals surface area contributed by atoms with E-state index in [1.165, 1.54) is 38.6 Å². The van der Waals surface area contributed by atoms with E-state index in [9.17, 15) is 0 Å². The highest BCUT2D eigenvalue weighted by Crippen LogP contribution is 2.45. The number of para-hydroxylation sites is 1. The summed E-state index contributed by atoms with van der Waals surface area (Å²) in [5.41, 5.74) is 14.4. The molecule has 10 rings (SSSR count). The van der Waals surface area contributed by atoms with Crippen LogP contribution in [0.3, 0.4) is 0 Å².